The van der Waals surface area contributed by atoms with E-state index in [0.717, 1.165) is 4.52 Å². The third-order valence-electron chi connectivity index (χ3n) is 5.66. The lowest BCUT2D eigenvalue weighted by atomic mass is 10.1. The molecule has 0 saturated carbocycles. The Kier molecular flexibility index (Phi) is 4.79. The van der Waals surface area contributed by atoms with Crippen LogP contribution in [0.15, 0.2) is 17.4 Å². The summed E-state index contributed by atoms with van der Waals surface area (Å²) in [6, 6.07) is 0. The van der Waals surface area contributed by atoms with Crippen molar-refractivity contribution in [2.45, 2.75) is 49.1 Å². The number of nitrogens with zero attached hydrogens (tertiary/aromatic N) is 6. The molecule has 15 nitrogen and oxygen atoms in total. The van der Waals surface area contributed by atoms with Crippen molar-refractivity contribution in [2.75, 3.05) is 13.2 Å². The largest absolute Gasteiger partial charge is 0.394 e. The highest BCUT2D eigenvalue weighted by Gasteiger charge is 2.45. The van der Waals surface area contributed by atoms with Crippen LogP contribution < -0.4 is 5.56 Å². The predicted molar refractivity (Wildman–Crippen MR) is 96.6 cm³/mol. The molecule has 0 aliphatic carbocycles. The monoisotopic (exact) mass is 440 g/mol. The molecule has 0 radical (unpaired) electrons. The lowest BCUT2D eigenvalue weighted by molar-refractivity contribution is -0.0517. The molecule has 2 fully saturated rings. The molecule has 8 atom stereocenters. The number of hydrogen-bond acceptors (Lipinski definition) is 12. The van der Waals surface area contributed by atoms with Gasteiger partial charge in [0.25, 0.3) is 0 Å². The second kappa shape index (κ2) is 7.28. The van der Waals surface area contributed by atoms with E-state index in [4.69, 9.17) is 9.47 Å². The van der Waals surface area contributed by atoms with Gasteiger partial charge in [-0.2, -0.15) is 14.6 Å². The molecule has 6 N–H and O–H groups in total. The Morgan fingerprint density at radius 3 is 2.00 bits per heavy atom. The zero-order valence-electron chi connectivity index (χ0n) is 15.8. The van der Waals surface area contributed by atoms with Gasteiger partial charge >= 0.3 is 5.56 Å². The highest BCUT2D eigenvalue weighted by Crippen LogP contribution is 2.32. The quantitative estimate of drug-likeness (QED) is 0.227. The maximum absolute atomic E-state index is 12.9. The van der Waals surface area contributed by atoms with Crippen molar-refractivity contribution in [2.24, 2.45) is 0 Å². The van der Waals surface area contributed by atoms with Gasteiger partial charge in [0.2, 0.25) is 5.78 Å². The molecule has 5 rings (SSSR count). The average Bonchev–Trinajstić information content (AvgIpc) is 3.50. The maximum Gasteiger partial charge on any atom is 0.303 e. The highest BCUT2D eigenvalue weighted by molar-refractivity contribution is 5.71. The van der Waals surface area contributed by atoms with Crippen LogP contribution >= 0.6 is 0 Å². The van der Waals surface area contributed by atoms with Crippen molar-refractivity contribution in [1.29, 1.82) is 0 Å². The minimum absolute atomic E-state index is 0.00617. The van der Waals surface area contributed by atoms with Gasteiger partial charge in [-0.05, 0) is 0 Å². The summed E-state index contributed by atoms with van der Waals surface area (Å²) < 4.78 is 14.4. The van der Waals surface area contributed by atoms with Crippen LogP contribution in [0.5, 0.6) is 0 Å². The fourth-order valence-corrected chi connectivity index (χ4v) is 3.96. The molecule has 0 bridgehead atoms. The third kappa shape index (κ3) is 2.83. The normalized spacial score (nSPS) is 36.2. The van der Waals surface area contributed by atoms with Gasteiger partial charge < -0.3 is 40.1 Å². The zero-order chi connectivity index (χ0) is 22.0. The van der Waals surface area contributed by atoms with Crippen LogP contribution in [0, 0.1) is 0 Å². The van der Waals surface area contributed by atoms with Gasteiger partial charge in [-0.15, -0.1) is 0 Å². The Balaban J connectivity index is 1.63. The van der Waals surface area contributed by atoms with Crippen molar-refractivity contribution in [3.63, 3.8) is 0 Å². The maximum atomic E-state index is 12.9. The fourth-order valence-electron chi connectivity index (χ4n) is 3.96. The molecular formula is C16H20N6O9. The second-order valence-electron chi connectivity index (χ2n) is 7.45. The summed E-state index contributed by atoms with van der Waals surface area (Å²) in [7, 11) is 0. The third-order valence-corrected chi connectivity index (χ3v) is 5.66. The Morgan fingerprint density at radius 1 is 0.871 bits per heavy atom. The highest BCUT2D eigenvalue weighted by atomic mass is 16.6. The second-order valence-corrected chi connectivity index (χ2v) is 7.45. The number of aromatic nitrogens is 6. The molecule has 0 amide bonds. The van der Waals surface area contributed by atoms with Gasteiger partial charge in [-0.1, -0.05) is 0 Å². The standard InChI is InChI=1S/C16H20N6O9/c23-1-5-8(25)10(27)14(30-5)20-3-17-7-12(20)19-16-21(4-18-22(16)13(7)29)15-11(28)9(26)6(2-24)31-15/h3-6,8-11,14-15,23-28H,1-2H2. The van der Waals surface area contributed by atoms with Crippen LogP contribution in [0.3, 0.4) is 0 Å². The molecule has 5 heterocycles. The first-order chi connectivity index (χ1) is 14.9. The van der Waals surface area contributed by atoms with E-state index in [0.29, 0.717) is 0 Å². The summed E-state index contributed by atoms with van der Waals surface area (Å²) >= 11 is 0. The van der Waals surface area contributed by atoms with E-state index in [1.165, 1.54) is 21.8 Å². The van der Waals surface area contributed by atoms with Crippen LogP contribution in [0.1, 0.15) is 12.5 Å². The lowest BCUT2D eigenvalue weighted by Crippen LogP contribution is -2.33. The predicted octanol–water partition coefficient (Wildman–Crippen LogP) is -4.54. The van der Waals surface area contributed by atoms with Crippen LogP contribution in [-0.4, -0.2) is 109 Å². The van der Waals surface area contributed by atoms with E-state index in [9.17, 15) is 35.4 Å². The van der Waals surface area contributed by atoms with E-state index in [1.807, 2.05) is 0 Å². The fraction of sp³-hybridized carbons (Fsp3) is 0.625. The van der Waals surface area contributed by atoms with Crippen LogP contribution in [-0.2, 0) is 9.47 Å². The van der Waals surface area contributed by atoms with E-state index in [1.54, 1.807) is 0 Å². The van der Waals surface area contributed by atoms with E-state index >= 15 is 0 Å². The average molecular weight is 440 g/mol. The Hall–Kier alpha value is -2.50. The van der Waals surface area contributed by atoms with Crippen LogP contribution in [0.25, 0.3) is 16.9 Å². The number of rotatable bonds is 4. The lowest BCUT2D eigenvalue weighted by Gasteiger charge is -2.17. The zero-order valence-corrected chi connectivity index (χ0v) is 15.8. The molecule has 2 aliphatic heterocycles. The first-order valence-corrected chi connectivity index (χ1v) is 9.44. The van der Waals surface area contributed by atoms with Gasteiger partial charge in [-0.3, -0.25) is 13.9 Å². The summed E-state index contributed by atoms with van der Waals surface area (Å²) in [6.45, 7) is -1.06. The molecule has 2 aliphatic rings. The van der Waals surface area contributed by atoms with Crippen molar-refractivity contribution in [1.82, 2.24) is 28.7 Å². The van der Waals surface area contributed by atoms with Gasteiger partial charge in [-0.25, -0.2) is 4.98 Å². The van der Waals surface area contributed by atoms with Crippen molar-refractivity contribution < 1.29 is 40.1 Å². The van der Waals surface area contributed by atoms with Crippen molar-refractivity contribution >= 4 is 16.9 Å². The molecular weight excluding hydrogens is 420 g/mol. The van der Waals surface area contributed by atoms with Gasteiger partial charge in [0.1, 0.15) is 43.0 Å². The van der Waals surface area contributed by atoms with Crippen molar-refractivity contribution in [3.05, 3.63) is 23.0 Å². The van der Waals surface area contributed by atoms with E-state index < -0.39 is 67.9 Å². The van der Waals surface area contributed by atoms with Gasteiger partial charge in [0.05, 0.1) is 19.5 Å². The molecule has 3 aromatic rings. The Bertz CT molecular complexity index is 1090. The molecule has 0 aromatic carbocycles. The van der Waals surface area contributed by atoms with Gasteiger partial charge in [0, 0.05) is 0 Å². The molecule has 2 saturated heterocycles. The summed E-state index contributed by atoms with van der Waals surface area (Å²) in [5.74, 6) is -0.0687. The molecule has 31 heavy (non-hydrogen) atoms. The van der Waals surface area contributed by atoms with Crippen LogP contribution in [0.4, 0.5) is 0 Å². The number of fused-ring (bicyclic) bond motifs is 2. The number of aliphatic hydroxyl groups excluding tert-OH is 6. The summed E-state index contributed by atoms with van der Waals surface area (Å²) in [5.41, 5.74) is -0.758. The molecule has 15 heteroatoms. The first kappa shape index (κ1) is 20.4. The number of aliphatic hydroxyl groups is 6. The minimum atomic E-state index is -1.42. The topological polar surface area (TPSA) is 210 Å². The Labute approximate surface area is 171 Å². The van der Waals surface area contributed by atoms with Crippen LogP contribution in [0.2, 0.25) is 0 Å². The van der Waals surface area contributed by atoms with E-state index in [-0.39, 0.29) is 16.9 Å². The molecule has 3 aromatic heterocycles. The first-order valence-electron chi connectivity index (χ1n) is 9.44. The summed E-state index contributed by atoms with van der Waals surface area (Å²) in [6.07, 6.45) is -7.60. The molecule has 8 unspecified atom stereocenters. The molecule has 168 valence electrons. The number of imidazole rings is 1. The summed E-state index contributed by atoms with van der Waals surface area (Å²) in [5, 5.41) is 63.2. The Morgan fingerprint density at radius 2 is 1.45 bits per heavy atom. The summed E-state index contributed by atoms with van der Waals surface area (Å²) in [4.78, 5) is 21.2. The number of hydrogen-bond donors (Lipinski definition) is 6. The SMILES string of the molecule is O=c1c2ncn(C3OC(CO)C(O)C3O)c2nc2n(C3OC(CO)C(O)C3O)cnn12. The number of ether oxygens (including phenoxy) is 2. The minimum Gasteiger partial charge on any atom is -0.394 e. The smallest absolute Gasteiger partial charge is 0.303 e. The van der Waals surface area contributed by atoms with Gasteiger partial charge in [0.15, 0.2) is 23.6 Å². The van der Waals surface area contributed by atoms with E-state index in [2.05, 4.69) is 15.1 Å². The van der Waals surface area contributed by atoms with Crippen molar-refractivity contribution in [3.8, 4) is 0 Å². The molecule has 0 spiro atoms.